The summed E-state index contributed by atoms with van der Waals surface area (Å²) in [6, 6.07) is 0. The minimum atomic E-state index is -2.29. The van der Waals surface area contributed by atoms with E-state index in [1.807, 2.05) is 20.8 Å². The van der Waals surface area contributed by atoms with Gasteiger partial charge in [0, 0.05) is 13.3 Å². The van der Waals surface area contributed by atoms with Crippen molar-refractivity contribution in [1.29, 1.82) is 0 Å². The summed E-state index contributed by atoms with van der Waals surface area (Å²) in [5.74, 6) is 0. The van der Waals surface area contributed by atoms with Gasteiger partial charge in [-0.05, 0) is 20.8 Å². The third kappa shape index (κ3) is 8.19. The van der Waals surface area contributed by atoms with E-state index in [9.17, 15) is 4.57 Å². The van der Waals surface area contributed by atoms with E-state index in [0.717, 1.165) is 0 Å². The van der Waals surface area contributed by atoms with Crippen molar-refractivity contribution in [1.82, 2.24) is 0 Å². The Bertz CT molecular complexity index is 128. The molecule has 56 valence electrons. The molecular formula is C6H15O2P. The van der Waals surface area contributed by atoms with Crippen LogP contribution in [0.4, 0.5) is 0 Å². The van der Waals surface area contributed by atoms with E-state index >= 15 is 0 Å². The van der Waals surface area contributed by atoms with Gasteiger partial charge in [-0.1, -0.05) is 0 Å². The Morgan fingerprint density at radius 3 is 1.56 bits per heavy atom. The van der Waals surface area contributed by atoms with Crippen molar-refractivity contribution >= 4 is 7.37 Å². The third-order valence-corrected chi connectivity index (χ3v) is 1.48. The molecule has 3 heteroatoms. The fourth-order valence-corrected chi connectivity index (χ4v) is 1.98. The molecule has 0 amide bonds. The molecule has 0 rings (SSSR count). The van der Waals surface area contributed by atoms with E-state index in [1.165, 1.54) is 0 Å². The Balaban J connectivity index is 3.90. The smallest absolute Gasteiger partial charge is 0.197 e. The molecule has 0 aromatic heterocycles. The Morgan fingerprint density at radius 2 is 1.56 bits per heavy atom. The molecule has 0 unspecified atom stereocenters. The summed E-state index contributed by atoms with van der Waals surface area (Å²) in [6.45, 7) is 8.93. The highest BCUT2D eigenvalue weighted by Crippen LogP contribution is 2.41. The van der Waals surface area contributed by atoms with Crippen LogP contribution < -0.4 is 0 Å². The maximum Gasteiger partial charge on any atom is 0.197 e. The van der Waals surface area contributed by atoms with Gasteiger partial charge in [0.2, 0.25) is 0 Å². The second kappa shape index (κ2) is 2.43. The zero-order valence-electron chi connectivity index (χ0n) is 6.76. The third-order valence-electron chi connectivity index (χ3n) is 0.494. The maximum absolute atomic E-state index is 11.0. The molecule has 0 N–H and O–H groups in total. The molecule has 0 aliphatic rings. The second-order valence-corrected chi connectivity index (χ2v) is 6.14. The highest BCUT2D eigenvalue weighted by molar-refractivity contribution is 7.57. The molecule has 0 heterocycles. The molecule has 0 aliphatic carbocycles. The van der Waals surface area contributed by atoms with Crippen LogP contribution in [0.5, 0.6) is 0 Å². The van der Waals surface area contributed by atoms with E-state index in [2.05, 4.69) is 0 Å². The average Bonchev–Trinajstić information content (AvgIpc) is 1.14. The van der Waals surface area contributed by atoms with Crippen LogP contribution >= 0.6 is 7.37 Å². The monoisotopic (exact) mass is 150 g/mol. The van der Waals surface area contributed by atoms with Gasteiger partial charge < -0.3 is 4.52 Å². The summed E-state index contributed by atoms with van der Waals surface area (Å²) < 4.78 is 16.2. The number of hydrogen-bond donors (Lipinski definition) is 0. The van der Waals surface area contributed by atoms with Gasteiger partial charge in [-0.2, -0.15) is 0 Å². The van der Waals surface area contributed by atoms with Gasteiger partial charge in [-0.15, -0.1) is 0 Å². The Hall–Kier alpha value is 0.190. The van der Waals surface area contributed by atoms with E-state index in [1.54, 1.807) is 13.3 Å². The lowest BCUT2D eigenvalue weighted by Gasteiger charge is -2.22. The lowest BCUT2D eigenvalue weighted by Crippen LogP contribution is -2.16. The Kier molecular flexibility index (Phi) is 2.48. The van der Waals surface area contributed by atoms with Gasteiger partial charge >= 0.3 is 0 Å². The molecule has 0 aromatic rings. The standard InChI is InChI=1S/C6H15O2P/c1-6(2,3)8-9(4,5)7/h1-5H3. The summed E-state index contributed by atoms with van der Waals surface area (Å²) in [5.41, 5.74) is -0.279. The van der Waals surface area contributed by atoms with E-state index in [-0.39, 0.29) is 5.60 Å². The lowest BCUT2D eigenvalue weighted by molar-refractivity contribution is 0.138. The summed E-state index contributed by atoms with van der Waals surface area (Å²) in [7, 11) is -2.29. The quantitative estimate of drug-likeness (QED) is 0.536. The van der Waals surface area contributed by atoms with Crippen molar-refractivity contribution in [3.8, 4) is 0 Å². The normalized spacial score (nSPS) is 13.9. The zero-order valence-corrected chi connectivity index (χ0v) is 7.66. The minimum absolute atomic E-state index is 0.279. The first kappa shape index (κ1) is 9.19. The van der Waals surface area contributed by atoms with Crippen LogP contribution in [0.1, 0.15) is 20.8 Å². The van der Waals surface area contributed by atoms with Crippen molar-refractivity contribution in [2.45, 2.75) is 26.4 Å². The van der Waals surface area contributed by atoms with Crippen LogP contribution in [0.3, 0.4) is 0 Å². The fourth-order valence-electron chi connectivity index (χ4n) is 0.660. The molecular weight excluding hydrogens is 135 g/mol. The van der Waals surface area contributed by atoms with Gasteiger partial charge in [0.05, 0.1) is 5.60 Å². The van der Waals surface area contributed by atoms with Gasteiger partial charge in [-0.3, -0.25) is 4.57 Å². The molecule has 0 fully saturated rings. The zero-order chi connectivity index (χ0) is 7.71. The number of rotatable bonds is 1. The molecule has 0 saturated carbocycles. The molecule has 0 bridgehead atoms. The lowest BCUT2D eigenvalue weighted by atomic mass is 10.2. The van der Waals surface area contributed by atoms with Crippen LogP contribution in [0, 0.1) is 0 Å². The van der Waals surface area contributed by atoms with Crippen LogP contribution in [-0.2, 0) is 9.09 Å². The van der Waals surface area contributed by atoms with Crippen molar-refractivity contribution in [3.05, 3.63) is 0 Å². The van der Waals surface area contributed by atoms with Crippen LogP contribution in [0.15, 0.2) is 0 Å². The maximum atomic E-state index is 11.0. The predicted molar refractivity (Wildman–Crippen MR) is 40.3 cm³/mol. The average molecular weight is 150 g/mol. The SMILES string of the molecule is CC(C)(C)OP(C)(C)=O. The Morgan fingerprint density at radius 1 is 1.22 bits per heavy atom. The van der Waals surface area contributed by atoms with Crippen molar-refractivity contribution in [2.75, 3.05) is 13.3 Å². The van der Waals surface area contributed by atoms with E-state index < -0.39 is 7.37 Å². The molecule has 0 spiro atoms. The van der Waals surface area contributed by atoms with Crippen LogP contribution in [-0.4, -0.2) is 18.9 Å². The van der Waals surface area contributed by atoms with Gasteiger partial charge in [0.25, 0.3) is 0 Å². The summed E-state index contributed by atoms with van der Waals surface area (Å²) in [6.07, 6.45) is 0. The Labute approximate surface area is 57.1 Å². The molecule has 2 nitrogen and oxygen atoms in total. The van der Waals surface area contributed by atoms with Crippen molar-refractivity contribution in [2.24, 2.45) is 0 Å². The summed E-state index contributed by atoms with van der Waals surface area (Å²) in [4.78, 5) is 0. The van der Waals surface area contributed by atoms with Gasteiger partial charge in [-0.25, -0.2) is 0 Å². The van der Waals surface area contributed by atoms with E-state index in [4.69, 9.17) is 4.52 Å². The van der Waals surface area contributed by atoms with Gasteiger partial charge in [0.1, 0.15) is 0 Å². The first-order valence-corrected chi connectivity index (χ1v) is 5.48. The van der Waals surface area contributed by atoms with Crippen LogP contribution in [0.2, 0.25) is 0 Å². The largest absolute Gasteiger partial charge is 0.323 e. The molecule has 0 aromatic carbocycles. The van der Waals surface area contributed by atoms with Gasteiger partial charge in [0.15, 0.2) is 7.37 Å². The molecule has 0 atom stereocenters. The summed E-state index contributed by atoms with van der Waals surface area (Å²) in [5, 5.41) is 0. The fraction of sp³-hybridized carbons (Fsp3) is 1.00. The second-order valence-electron chi connectivity index (χ2n) is 3.46. The van der Waals surface area contributed by atoms with Crippen molar-refractivity contribution in [3.63, 3.8) is 0 Å². The minimum Gasteiger partial charge on any atom is -0.323 e. The molecule has 0 saturated heterocycles. The number of hydrogen-bond acceptors (Lipinski definition) is 2. The van der Waals surface area contributed by atoms with Crippen molar-refractivity contribution < 1.29 is 9.09 Å². The highest BCUT2D eigenvalue weighted by atomic mass is 31.2. The first-order chi connectivity index (χ1) is 3.71. The molecule has 0 radical (unpaired) electrons. The topological polar surface area (TPSA) is 26.3 Å². The molecule has 9 heavy (non-hydrogen) atoms. The highest BCUT2D eigenvalue weighted by Gasteiger charge is 2.18. The molecule has 0 aliphatic heterocycles. The van der Waals surface area contributed by atoms with Crippen LogP contribution in [0.25, 0.3) is 0 Å². The summed E-state index contributed by atoms with van der Waals surface area (Å²) >= 11 is 0. The van der Waals surface area contributed by atoms with E-state index in [0.29, 0.717) is 0 Å². The first-order valence-electron chi connectivity index (χ1n) is 2.96. The predicted octanol–water partition coefficient (Wildman–Crippen LogP) is 2.34.